The zero-order chi connectivity index (χ0) is 19.8. The van der Waals surface area contributed by atoms with Gasteiger partial charge in [-0.2, -0.15) is 0 Å². The van der Waals surface area contributed by atoms with Crippen molar-refractivity contribution in [3.8, 4) is 5.75 Å². The van der Waals surface area contributed by atoms with Crippen molar-refractivity contribution in [2.45, 2.75) is 6.92 Å². The summed E-state index contributed by atoms with van der Waals surface area (Å²) in [4.78, 5) is 17.2. The summed E-state index contributed by atoms with van der Waals surface area (Å²) < 4.78 is 21.4. The highest BCUT2D eigenvalue weighted by Gasteiger charge is 2.27. The number of hydrogen-bond donors (Lipinski definition) is 0. The number of aromatic nitrogens is 1. The summed E-state index contributed by atoms with van der Waals surface area (Å²) in [7, 11) is 3.59. The van der Waals surface area contributed by atoms with Gasteiger partial charge in [0.15, 0.2) is 0 Å². The van der Waals surface area contributed by atoms with Gasteiger partial charge in [0.1, 0.15) is 11.6 Å². The lowest BCUT2D eigenvalue weighted by Crippen LogP contribution is -2.49. The highest BCUT2D eigenvalue weighted by molar-refractivity contribution is 6.08. The second-order valence-corrected chi connectivity index (χ2v) is 7.13. The number of piperazine rings is 1. The highest BCUT2D eigenvalue weighted by Crippen LogP contribution is 2.30. The van der Waals surface area contributed by atoms with Gasteiger partial charge in [-0.1, -0.05) is 12.1 Å². The predicted molar refractivity (Wildman–Crippen MR) is 109 cm³/mol. The number of fused-ring (bicyclic) bond motifs is 1. The fourth-order valence-electron chi connectivity index (χ4n) is 3.96. The first kappa shape index (κ1) is 18.3. The van der Waals surface area contributed by atoms with Crippen LogP contribution in [0.3, 0.4) is 0 Å². The number of halogens is 1. The van der Waals surface area contributed by atoms with Crippen LogP contribution in [0.15, 0.2) is 42.5 Å². The molecule has 146 valence electrons. The first-order chi connectivity index (χ1) is 13.5. The minimum absolute atomic E-state index is 0.0181. The van der Waals surface area contributed by atoms with Crippen LogP contribution in [0.2, 0.25) is 0 Å². The smallest absolute Gasteiger partial charge is 0.256 e. The van der Waals surface area contributed by atoms with Crippen molar-refractivity contribution in [2.75, 3.05) is 38.2 Å². The third-order valence-corrected chi connectivity index (χ3v) is 5.67. The number of benzene rings is 2. The first-order valence-electron chi connectivity index (χ1n) is 9.43. The van der Waals surface area contributed by atoms with Gasteiger partial charge in [0.25, 0.3) is 5.91 Å². The number of rotatable bonds is 3. The van der Waals surface area contributed by atoms with E-state index in [1.54, 1.807) is 19.2 Å². The Kier molecular flexibility index (Phi) is 4.71. The molecule has 4 rings (SSSR count). The minimum Gasteiger partial charge on any atom is -0.497 e. The Bertz CT molecular complexity index is 1040. The van der Waals surface area contributed by atoms with Crippen LogP contribution >= 0.6 is 0 Å². The maximum atomic E-state index is 14.1. The van der Waals surface area contributed by atoms with Gasteiger partial charge in [-0.05, 0) is 37.3 Å². The van der Waals surface area contributed by atoms with E-state index in [0.717, 1.165) is 27.9 Å². The number of carbonyl (C=O) groups excluding carboxylic acids is 1. The van der Waals surface area contributed by atoms with E-state index >= 15 is 0 Å². The van der Waals surface area contributed by atoms with E-state index in [0.29, 0.717) is 31.9 Å². The van der Waals surface area contributed by atoms with Crippen LogP contribution in [0.5, 0.6) is 5.75 Å². The molecular formula is C22H24FN3O2. The van der Waals surface area contributed by atoms with Gasteiger partial charge in [0.2, 0.25) is 0 Å². The van der Waals surface area contributed by atoms with E-state index in [1.807, 2.05) is 52.6 Å². The molecule has 0 saturated carbocycles. The van der Waals surface area contributed by atoms with Crippen LogP contribution in [0.4, 0.5) is 10.1 Å². The van der Waals surface area contributed by atoms with Crippen LogP contribution in [-0.2, 0) is 7.05 Å². The molecule has 1 aromatic heterocycles. The maximum Gasteiger partial charge on any atom is 0.256 e. The molecule has 0 unspecified atom stereocenters. The van der Waals surface area contributed by atoms with Crippen molar-refractivity contribution in [1.29, 1.82) is 0 Å². The van der Waals surface area contributed by atoms with Crippen molar-refractivity contribution in [1.82, 2.24) is 9.47 Å². The fraction of sp³-hybridized carbons (Fsp3) is 0.318. The zero-order valence-corrected chi connectivity index (χ0v) is 16.4. The molecule has 0 N–H and O–H groups in total. The Balaban J connectivity index is 1.59. The molecule has 1 amide bonds. The SMILES string of the molecule is COc1ccc2c(c1)c(C(=O)N1CCN(c3ccccc3F)CC1)c(C)n2C. The van der Waals surface area contributed by atoms with E-state index in [9.17, 15) is 9.18 Å². The molecule has 0 bridgehead atoms. The van der Waals surface area contributed by atoms with Gasteiger partial charge >= 0.3 is 0 Å². The Morgan fingerprint density at radius 1 is 1.07 bits per heavy atom. The molecule has 1 fully saturated rings. The summed E-state index contributed by atoms with van der Waals surface area (Å²) in [6, 6.07) is 12.6. The Labute approximate surface area is 163 Å². The predicted octanol–water partition coefficient (Wildman–Crippen LogP) is 3.60. The van der Waals surface area contributed by atoms with E-state index < -0.39 is 0 Å². The molecule has 1 saturated heterocycles. The second kappa shape index (κ2) is 7.19. The standard InChI is InChI=1S/C22H24FN3O2/c1-15-21(17-14-16(28-3)8-9-19(17)24(15)2)22(27)26-12-10-25(11-13-26)20-7-5-4-6-18(20)23/h4-9,14H,10-13H2,1-3H3. The topological polar surface area (TPSA) is 37.7 Å². The first-order valence-corrected chi connectivity index (χ1v) is 9.43. The summed E-state index contributed by atoms with van der Waals surface area (Å²) >= 11 is 0. The summed E-state index contributed by atoms with van der Waals surface area (Å²) in [5.41, 5.74) is 3.26. The Hall–Kier alpha value is -3.02. The van der Waals surface area contributed by atoms with Crippen LogP contribution < -0.4 is 9.64 Å². The van der Waals surface area contributed by atoms with E-state index in [-0.39, 0.29) is 11.7 Å². The van der Waals surface area contributed by atoms with Crippen molar-refractivity contribution in [3.05, 3.63) is 59.5 Å². The van der Waals surface area contributed by atoms with Crippen molar-refractivity contribution in [3.63, 3.8) is 0 Å². The quantitative estimate of drug-likeness (QED) is 0.696. The monoisotopic (exact) mass is 381 g/mol. The number of carbonyl (C=O) groups is 1. The van der Waals surface area contributed by atoms with E-state index in [4.69, 9.17) is 4.74 Å². The number of ether oxygens (including phenoxy) is 1. The summed E-state index contributed by atoms with van der Waals surface area (Å²) in [6.07, 6.45) is 0. The Morgan fingerprint density at radius 2 is 1.79 bits per heavy atom. The molecule has 0 aliphatic carbocycles. The zero-order valence-electron chi connectivity index (χ0n) is 16.4. The van der Waals surface area contributed by atoms with Crippen molar-refractivity contribution >= 4 is 22.5 Å². The van der Waals surface area contributed by atoms with Crippen molar-refractivity contribution in [2.24, 2.45) is 7.05 Å². The molecule has 1 aliphatic rings. The number of amides is 1. The molecule has 5 nitrogen and oxygen atoms in total. The van der Waals surface area contributed by atoms with Gasteiger partial charge in [0, 0.05) is 49.8 Å². The van der Waals surface area contributed by atoms with Crippen LogP contribution in [0, 0.1) is 12.7 Å². The van der Waals surface area contributed by atoms with Gasteiger partial charge < -0.3 is 19.1 Å². The second-order valence-electron chi connectivity index (χ2n) is 7.13. The average molecular weight is 381 g/mol. The molecule has 3 aromatic rings. The molecule has 0 radical (unpaired) electrons. The lowest BCUT2D eigenvalue weighted by Gasteiger charge is -2.36. The normalized spacial score (nSPS) is 14.6. The maximum absolute atomic E-state index is 14.1. The van der Waals surface area contributed by atoms with Crippen LogP contribution in [-0.4, -0.2) is 48.7 Å². The molecule has 28 heavy (non-hydrogen) atoms. The van der Waals surface area contributed by atoms with E-state index in [2.05, 4.69) is 0 Å². The summed E-state index contributed by atoms with van der Waals surface area (Å²) in [6.45, 7) is 4.31. The fourth-order valence-corrected chi connectivity index (χ4v) is 3.96. The highest BCUT2D eigenvalue weighted by atomic mass is 19.1. The number of nitrogens with zero attached hydrogens (tertiary/aromatic N) is 3. The number of anilines is 1. The van der Waals surface area contributed by atoms with Crippen LogP contribution in [0.1, 0.15) is 16.1 Å². The molecular weight excluding hydrogens is 357 g/mol. The molecule has 2 aromatic carbocycles. The lowest BCUT2D eigenvalue weighted by atomic mass is 10.1. The third kappa shape index (κ3) is 2.99. The number of para-hydroxylation sites is 1. The third-order valence-electron chi connectivity index (χ3n) is 5.67. The Morgan fingerprint density at radius 3 is 2.46 bits per heavy atom. The van der Waals surface area contributed by atoms with Gasteiger partial charge in [-0.3, -0.25) is 4.79 Å². The molecule has 0 spiro atoms. The minimum atomic E-state index is -0.223. The van der Waals surface area contributed by atoms with E-state index in [1.165, 1.54) is 6.07 Å². The van der Waals surface area contributed by atoms with Crippen LogP contribution in [0.25, 0.3) is 10.9 Å². The summed E-state index contributed by atoms with van der Waals surface area (Å²) in [5.74, 6) is 0.528. The van der Waals surface area contributed by atoms with Gasteiger partial charge in [-0.15, -0.1) is 0 Å². The number of aryl methyl sites for hydroxylation is 1. The average Bonchev–Trinajstić information content (AvgIpc) is 2.97. The largest absolute Gasteiger partial charge is 0.497 e. The number of methoxy groups -OCH3 is 1. The van der Waals surface area contributed by atoms with Crippen molar-refractivity contribution < 1.29 is 13.9 Å². The molecule has 2 heterocycles. The lowest BCUT2D eigenvalue weighted by molar-refractivity contribution is 0.0747. The molecule has 6 heteroatoms. The van der Waals surface area contributed by atoms with Gasteiger partial charge in [-0.25, -0.2) is 4.39 Å². The molecule has 1 aliphatic heterocycles. The number of hydrogen-bond acceptors (Lipinski definition) is 3. The summed E-state index contributed by atoms with van der Waals surface area (Å²) in [5, 5.41) is 0.904. The molecule has 0 atom stereocenters. The van der Waals surface area contributed by atoms with Gasteiger partial charge in [0.05, 0.1) is 18.4 Å².